The van der Waals surface area contributed by atoms with Gasteiger partial charge in [-0.1, -0.05) is 6.07 Å². The van der Waals surface area contributed by atoms with E-state index >= 15 is 0 Å². The number of sulfonamides is 1. The molecule has 2 N–H and O–H groups in total. The standard InChI is InChI=1S/C34H29FN4O7S/c1-36-32(40)20-8-12-25-29(15-20)46-34(38-25)24-14-19(9-13-27(24)44-4)22-16-23-28(17-26(22)39(3)47(5,42)43)45-31(30(23)33(41)37-2)18-6-10-21(35)11-7-18/h6-17H,1-5H3,(H,36,40)(H,37,41). The third-order valence-electron chi connectivity index (χ3n) is 7.82. The minimum Gasteiger partial charge on any atom is -0.496 e. The van der Waals surface area contributed by atoms with E-state index in [1.165, 1.54) is 52.5 Å². The number of rotatable bonds is 8. The van der Waals surface area contributed by atoms with Crippen molar-refractivity contribution in [2.75, 3.05) is 38.8 Å². The molecule has 2 aromatic heterocycles. The lowest BCUT2D eigenvalue weighted by atomic mass is 9.97. The van der Waals surface area contributed by atoms with Gasteiger partial charge in [0.1, 0.15) is 28.4 Å². The lowest BCUT2D eigenvalue weighted by molar-refractivity contribution is 0.0955. The topological polar surface area (TPSA) is 144 Å². The Hall–Kier alpha value is -5.69. The highest BCUT2D eigenvalue weighted by Gasteiger charge is 2.27. The van der Waals surface area contributed by atoms with Crippen molar-refractivity contribution < 1.29 is 36.0 Å². The fourth-order valence-corrected chi connectivity index (χ4v) is 5.83. The molecule has 0 saturated carbocycles. The zero-order valence-electron chi connectivity index (χ0n) is 26.0. The molecule has 6 aromatic rings. The molecule has 2 heterocycles. The Morgan fingerprint density at radius 2 is 1.55 bits per heavy atom. The zero-order chi connectivity index (χ0) is 33.6. The number of nitrogens with one attached hydrogen (secondary N) is 2. The number of methoxy groups -OCH3 is 1. The van der Waals surface area contributed by atoms with E-state index in [0.717, 1.165) is 10.6 Å². The predicted octanol–water partition coefficient (Wildman–Crippen LogP) is 5.84. The number of furan rings is 1. The van der Waals surface area contributed by atoms with Gasteiger partial charge in [0.05, 0.1) is 30.2 Å². The van der Waals surface area contributed by atoms with Crippen molar-refractivity contribution in [3.8, 4) is 39.7 Å². The summed E-state index contributed by atoms with van der Waals surface area (Å²) in [5.41, 5.74) is 3.93. The van der Waals surface area contributed by atoms with Gasteiger partial charge in [-0.25, -0.2) is 17.8 Å². The fraction of sp³-hybridized carbons (Fsp3) is 0.147. The molecule has 4 aromatic carbocycles. The summed E-state index contributed by atoms with van der Waals surface area (Å²) in [4.78, 5) is 30.0. The summed E-state index contributed by atoms with van der Waals surface area (Å²) >= 11 is 0. The SMILES string of the molecule is CNC(=O)c1ccc2nc(-c3cc(-c4cc5c(C(=O)NC)c(-c6ccc(F)cc6)oc5cc4N(C)S(C)(=O)=O)ccc3OC)oc2c1. The Morgan fingerprint density at radius 1 is 0.851 bits per heavy atom. The molecule has 0 aliphatic rings. The summed E-state index contributed by atoms with van der Waals surface area (Å²) in [7, 11) is 2.17. The molecule has 2 amide bonds. The minimum absolute atomic E-state index is 0.197. The van der Waals surface area contributed by atoms with Gasteiger partial charge in [0.2, 0.25) is 15.9 Å². The van der Waals surface area contributed by atoms with Crippen molar-refractivity contribution in [2.45, 2.75) is 0 Å². The summed E-state index contributed by atoms with van der Waals surface area (Å²) in [6.07, 6.45) is 1.08. The van der Waals surface area contributed by atoms with E-state index in [1.54, 1.807) is 48.5 Å². The highest BCUT2D eigenvalue weighted by molar-refractivity contribution is 7.92. The van der Waals surface area contributed by atoms with Gasteiger partial charge >= 0.3 is 0 Å². The predicted molar refractivity (Wildman–Crippen MR) is 177 cm³/mol. The number of fused-ring (bicyclic) bond motifs is 2. The van der Waals surface area contributed by atoms with Gasteiger partial charge in [0, 0.05) is 49.3 Å². The fourth-order valence-electron chi connectivity index (χ4n) is 5.33. The lowest BCUT2D eigenvalue weighted by Crippen LogP contribution is -2.25. The van der Waals surface area contributed by atoms with Crippen molar-refractivity contribution in [3.63, 3.8) is 0 Å². The number of amides is 2. The van der Waals surface area contributed by atoms with Crippen LogP contribution in [0.25, 0.3) is 56.0 Å². The second kappa shape index (κ2) is 11.9. The normalized spacial score (nSPS) is 11.5. The van der Waals surface area contributed by atoms with Crippen LogP contribution in [0, 0.1) is 5.82 Å². The van der Waals surface area contributed by atoms with E-state index in [4.69, 9.17) is 13.6 Å². The van der Waals surface area contributed by atoms with Crippen LogP contribution < -0.4 is 19.7 Å². The van der Waals surface area contributed by atoms with Gasteiger partial charge < -0.3 is 24.2 Å². The Bertz CT molecular complexity index is 2310. The van der Waals surface area contributed by atoms with Crippen LogP contribution in [0.2, 0.25) is 0 Å². The van der Waals surface area contributed by atoms with Crippen LogP contribution in [-0.2, 0) is 10.0 Å². The molecule has 13 heteroatoms. The molecule has 0 aliphatic heterocycles. The molecular formula is C34H29FN4O7S. The smallest absolute Gasteiger partial charge is 0.255 e. The summed E-state index contributed by atoms with van der Waals surface area (Å²) < 4.78 is 58.4. The number of halogens is 1. The number of carbonyl (C=O) groups excluding carboxylic acids is 2. The zero-order valence-corrected chi connectivity index (χ0v) is 26.8. The van der Waals surface area contributed by atoms with Gasteiger partial charge in [-0.3, -0.25) is 13.9 Å². The minimum atomic E-state index is -3.76. The third-order valence-corrected chi connectivity index (χ3v) is 9.01. The third kappa shape index (κ3) is 5.65. The molecule has 0 saturated heterocycles. The first-order valence-corrected chi connectivity index (χ1v) is 16.1. The lowest BCUT2D eigenvalue weighted by Gasteiger charge is -2.21. The number of benzene rings is 4. The van der Waals surface area contributed by atoms with Gasteiger partial charge in [-0.2, -0.15) is 0 Å². The van der Waals surface area contributed by atoms with Crippen LogP contribution >= 0.6 is 0 Å². The Balaban J connectivity index is 1.60. The summed E-state index contributed by atoms with van der Waals surface area (Å²) in [6, 6.07) is 18.8. The van der Waals surface area contributed by atoms with Crippen LogP contribution in [0.15, 0.2) is 81.6 Å². The van der Waals surface area contributed by atoms with E-state index in [-0.39, 0.29) is 34.4 Å². The van der Waals surface area contributed by atoms with E-state index in [0.29, 0.717) is 50.1 Å². The van der Waals surface area contributed by atoms with Crippen molar-refractivity contribution in [3.05, 3.63) is 89.7 Å². The molecule has 0 spiro atoms. The quantitative estimate of drug-likeness (QED) is 0.208. The first-order valence-electron chi connectivity index (χ1n) is 14.3. The molecule has 0 fully saturated rings. The average Bonchev–Trinajstić information content (AvgIpc) is 3.67. The molecule has 0 radical (unpaired) electrons. The molecule has 47 heavy (non-hydrogen) atoms. The summed E-state index contributed by atoms with van der Waals surface area (Å²) in [5, 5.41) is 5.62. The van der Waals surface area contributed by atoms with Crippen LogP contribution in [0.1, 0.15) is 20.7 Å². The maximum atomic E-state index is 13.8. The van der Waals surface area contributed by atoms with Crippen molar-refractivity contribution in [2.24, 2.45) is 0 Å². The Labute approximate surface area is 269 Å². The molecule has 0 unspecified atom stereocenters. The molecular weight excluding hydrogens is 627 g/mol. The van der Waals surface area contributed by atoms with Crippen molar-refractivity contribution in [1.29, 1.82) is 0 Å². The van der Waals surface area contributed by atoms with Crippen LogP contribution in [0.5, 0.6) is 5.75 Å². The highest BCUT2D eigenvalue weighted by atomic mass is 32.2. The number of hydrogen-bond donors (Lipinski definition) is 2. The number of oxazole rings is 1. The van der Waals surface area contributed by atoms with Crippen molar-refractivity contribution >= 4 is 49.6 Å². The Kier molecular flexibility index (Phi) is 7.93. The van der Waals surface area contributed by atoms with E-state index < -0.39 is 21.7 Å². The van der Waals surface area contributed by atoms with Gasteiger partial charge in [0.25, 0.3) is 11.8 Å². The van der Waals surface area contributed by atoms with E-state index in [9.17, 15) is 22.4 Å². The highest BCUT2D eigenvalue weighted by Crippen LogP contribution is 2.43. The second-order valence-electron chi connectivity index (χ2n) is 10.7. The van der Waals surface area contributed by atoms with Gasteiger partial charge in [0.15, 0.2) is 5.58 Å². The van der Waals surface area contributed by atoms with E-state index in [1.807, 2.05) is 0 Å². The molecule has 0 atom stereocenters. The first kappa shape index (κ1) is 31.3. The summed E-state index contributed by atoms with van der Waals surface area (Å²) in [5.74, 6) is -0.343. The maximum absolute atomic E-state index is 13.8. The molecule has 11 nitrogen and oxygen atoms in total. The number of nitrogens with zero attached hydrogens (tertiary/aromatic N) is 2. The number of ether oxygens (including phenoxy) is 1. The number of hydrogen-bond acceptors (Lipinski definition) is 8. The van der Waals surface area contributed by atoms with Gasteiger partial charge in [-0.15, -0.1) is 0 Å². The van der Waals surface area contributed by atoms with Gasteiger partial charge in [-0.05, 0) is 66.2 Å². The maximum Gasteiger partial charge on any atom is 0.255 e. The molecule has 240 valence electrons. The molecule has 6 rings (SSSR count). The van der Waals surface area contributed by atoms with Crippen LogP contribution in [0.4, 0.5) is 10.1 Å². The molecule has 0 bridgehead atoms. The first-order chi connectivity index (χ1) is 22.4. The monoisotopic (exact) mass is 656 g/mol. The second-order valence-corrected chi connectivity index (χ2v) is 12.7. The van der Waals surface area contributed by atoms with Crippen LogP contribution in [0.3, 0.4) is 0 Å². The number of anilines is 1. The number of carbonyl (C=O) groups is 2. The van der Waals surface area contributed by atoms with Crippen LogP contribution in [-0.4, -0.2) is 59.7 Å². The Morgan fingerprint density at radius 3 is 2.21 bits per heavy atom. The van der Waals surface area contributed by atoms with E-state index in [2.05, 4.69) is 15.6 Å². The molecule has 0 aliphatic carbocycles. The average molecular weight is 657 g/mol. The van der Waals surface area contributed by atoms with Crippen molar-refractivity contribution in [1.82, 2.24) is 15.6 Å². The largest absolute Gasteiger partial charge is 0.496 e. The summed E-state index contributed by atoms with van der Waals surface area (Å²) in [6.45, 7) is 0. The number of aromatic nitrogens is 1.